The molecular formula is C20H31N3O. The van der Waals surface area contributed by atoms with Gasteiger partial charge in [-0.05, 0) is 62.4 Å². The molecule has 24 heavy (non-hydrogen) atoms. The lowest BCUT2D eigenvalue weighted by Crippen LogP contribution is -2.45. The molecule has 2 aliphatic rings. The Balaban J connectivity index is 1.60. The third kappa shape index (κ3) is 4.58. The van der Waals surface area contributed by atoms with Gasteiger partial charge in [0.2, 0.25) is 0 Å². The molecule has 0 spiro atoms. The molecule has 1 aliphatic carbocycles. The van der Waals surface area contributed by atoms with Crippen LogP contribution in [-0.2, 0) is 6.54 Å². The van der Waals surface area contributed by atoms with Crippen LogP contribution in [0.3, 0.4) is 0 Å². The van der Waals surface area contributed by atoms with Crippen LogP contribution in [0.25, 0.3) is 0 Å². The number of hydrogen-bond acceptors (Lipinski definition) is 3. The molecular weight excluding hydrogens is 298 g/mol. The first kappa shape index (κ1) is 17.4. The van der Waals surface area contributed by atoms with E-state index in [1.807, 2.05) is 18.2 Å². The lowest BCUT2D eigenvalue weighted by atomic mass is 9.84. The summed E-state index contributed by atoms with van der Waals surface area (Å²) in [5, 5.41) is 3.20. The summed E-state index contributed by atoms with van der Waals surface area (Å²) in [6.07, 6.45) is 8.82. The van der Waals surface area contributed by atoms with Gasteiger partial charge in [0, 0.05) is 24.7 Å². The van der Waals surface area contributed by atoms with Gasteiger partial charge in [0.05, 0.1) is 0 Å². The second kappa shape index (κ2) is 8.63. The van der Waals surface area contributed by atoms with Crippen molar-refractivity contribution in [1.82, 2.24) is 10.2 Å². The first-order valence-electron chi connectivity index (χ1n) is 9.58. The minimum atomic E-state index is 0.0271. The van der Waals surface area contributed by atoms with Crippen molar-refractivity contribution in [2.45, 2.75) is 57.5 Å². The molecule has 0 aromatic heterocycles. The number of nitrogens with two attached hydrogens (primary N) is 1. The smallest absolute Gasteiger partial charge is 0.251 e. The predicted molar refractivity (Wildman–Crippen MR) is 97.8 cm³/mol. The van der Waals surface area contributed by atoms with E-state index < -0.39 is 0 Å². The summed E-state index contributed by atoms with van der Waals surface area (Å²) in [5.74, 6) is 0.569. The zero-order valence-electron chi connectivity index (χ0n) is 14.7. The largest absolute Gasteiger partial charge is 0.348 e. The topological polar surface area (TPSA) is 58.4 Å². The fourth-order valence-corrected chi connectivity index (χ4v) is 4.17. The number of likely N-dealkylation sites (tertiary alicyclic amines) is 1. The Hall–Kier alpha value is -1.39. The molecule has 1 aliphatic heterocycles. The number of benzene rings is 1. The van der Waals surface area contributed by atoms with E-state index in [1.165, 1.54) is 63.6 Å². The Morgan fingerprint density at radius 2 is 1.92 bits per heavy atom. The quantitative estimate of drug-likeness (QED) is 0.844. The van der Waals surface area contributed by atoms with E-state index in [1.54, 1.807) is 0 Å². The second-order valence-corrected chi connectivity index (χ2v) is 7.40. The molecule has 2 fully saturated rings. The van der Waals surface area contributed by atoms with Gasteiger partial charge in [0.15, 0.2) is 0 Å². The summed E-state index contributed by atoms with van der Waals surface area (Å²) in [7, 11) is 0. The number of nitrogens with one attached hydrogen (secondary N) is 1. The Morgan fingerprint density at radius 3 is 2.62 bits per heavy atom. The molecule has 132 valence electrons. The van der Waals surface area contributed by atoms with Gasteiger partial charge in [-0.1, -0.05) is 31.4 Å². The second-order valence-electron chi connectivity index (χ2n) is 7.40. The average molecular weight is 329 g/mol. The summed E-state index contributed by atoms with van der Waals surface area (Å²) >= 11 is 0. The number of nitrogens with zero attached hydrogens (tertiary/aromatic N) is 1. The fraction of sp³-hybridized carbons (Fsp3) is 0.650. The van der Waals surface area contributed by atoms with Gasteiger partial charge in [-0.15, -0.1) is 0 Å². The molecule has 0 bridgehead atoms. The van der Waals surface area contributed by atoms with Crippen molar-refractivity contribution in [1.29, 1.82) is 0 Å². The number of carbonyl (C=O) groups excluding carboxylic acids is 1. The van der Waals surface area contributed by atoms with Gasteiger partial charge in [0.1, 0.15) is 0 Å². The minimum Gasteiger partial charge on any atom is -0.348 e. The maximum atomic E-state index is 12.7. The number of hydrogen-bond donors (Lipinski definition) is 2. The molecule has 4 nitrogen and oxygen atoms in total. The molecule has 3 rings (SSSR count). The van der Waals surface area contributed by atoms with Gasteiger partial charge in [-0.25, -0.2) is 0 Å². The van der Waals surface area contributed by atoms with Crippen LogP contribution < -0.4 is 11.1 Å². The van der Waals surface area contributed by atoms with Crippen LogP contribution in [0.1, 0.15) is 60.9 Å². The van der Waals surface area contributed by atoms with Crippen LogP contribution >= 0.6 is 0 Å². The lowest BCUT2D eigenvalue weighted by molar-refractivity contribution is 0.0915. The fourth-order valence-electron chi connectivity index (χ4n) is 4.17. The van der Waals surface area contributed by atoms with Gasteiger partial charge in [-0.3, -0.25) is 9.69 Å². The first-order valence-corrected chi connectivity index (χ1v) is 9.58. The third-order valence-electron chi connectivity index (χ3n) is 5.58. The van der Waals surface area contributed by atoms with Crippen molar-refractivity contribution in [3.63, 3.8) is 0 Å². The highest BCUT2D eigenvalue weighted by Gasteiger charge is 2.24. The molecule has 1 saturated heterocycles. The van der Waals surface area contributed by atoms with Gasteiger partial charge in [0.25, 0.3) is 5.91 Å². The molecule has 1 aromatic carbocycles. The number of carbonyl (C=O) groups is 1. The van der Waals surface area contributed by atoms with E-state index in [0.717, 1.165) is 12.1 Å². The predicted octanol–water partition coefficient (Wildman–Crippen LogP) is 2.92. The molecule has 1 atom stereocenters. The van der Waals surface area contributed by atoms with Crippen LogP contribution in [0, 0.1) is 5.92 Å². The standard InChI is InChI=1S/C20H31N3O/c21-14-19(17-8-2-1-3-9-17)22-20(24)18-10-6-7-16(13-18)15-23-11-4-5-12-23/h6-7,10,13,17,19H,1-5,8-9,11-12,14-15,21H2,(H,22,24). The van der Waals surface area contributed by atoms with E-state index in [-0.39, 0.29) is 11.9 Å². The highest BCUT2D eigenvalue weighted by molar-refractivity contribution is 5.94. The average Bonchev–Trinajstić information content (AvgIpc) is 3.13. The minimum absolute atomic E-state index is 0.0271. The Labute approximate surface area is 145 Å². The summed E-state index contributed by atoms with van der Waals surface area (Å²) in [4.78, 5) is 15.1. The summed E-state index contributed by atoms with van der Waals surface area (Å²) < 4.78 is 0. The highest BCUT2D eigenvalue weighted by atomic mass is 16.1. The summed E-state index contributed by atoms with van der Waals surface area (Å²) in [6.45, 7) is 3.83. The SMILES string of the molecule is NCC(NC(=O)c1cccc(CN2CCCC2)c1)C1CCCCC1. The first-order chi connectivity index (χ1) is 11.8. The summed E-state index contributed by atoms with van der Waals surface area (Å²) in [5.41, 5.74) is 7.94. The van der Waals surface area contributed by atoms with Crippen molar-refractivity contribution in [3.05, 3.63) is 35.4 Å². The monoisotopic (exact) mass is 329 g/mol. The maximum absolute atomic E-state index is 12.7. The maximum Gasteiger partial charge on any atom is 0.251 e. The van der Waals surface area contributed by atoms with E-state index in [0.29, 0.717) is 12.5 Å². The van der Waals surface area contributed by atoms with Crippen molar-refractivity contribution >= 4 is 5.91 Å². The van der Waals surface area contributed by atoms with Crippen molar-refractivity contribution in [2.24, 2.45) is 11.7 Å². The molecule has 1 amide bonds. The van der Waals surface area contributed by atoms with Crippen molar-refractivity contribution in [3.8, 4) is 0 Å². The zero-order chi connectivity index (χ0) is 16.8. The van der Waals surface area contributed by atoms with Gasteiger partial charge >= 0.3 is 0 Å². The molecule has 1 saturated carbocycles. The van der Waals surface area contributed by atoms with Crippen LogP contribution in [0.2, 0.25) is 0 Å². The Kier molecular flexibility index (Phi) is 6.27. The normalized spacial score (nSPS) is 20.9. The van der Waals surface area contributed by atoms with E-state index in [4.69, 9.17) is 5.73 Å². The van der Waals surface area contributed by atoms with Crippen LogP contribution in [0.4, 0.5) is 0 Å². The summed E-state index contributed by atoms with van der Waals surface area (Å²) in [6, 6.07) is 8.19. The molecule has 1 unspecified atom stereocenters. The van der Waals surface area contributed by atoms with Crippen molar-refractivity contribution < 1.29 is 4.79 Å². The van der Waals surface area contributed by atoms with Gasteiger partial charge < -0.3 is 11.1 Å². The van der Waals surface area contributed by atoms with Gasteiger partial charge in [-0.2, -0.15) is 0 Å². The van der Waals surface area contributed by atoms with Crippen LogP contribution in [0.5, 0.6) is 0 Å². The van der Waals surface area contributed by atoms with E-state index >= 15 is 0 Å². The third-order valence-corrected chi connectivity index (χ3v) is 5.58. The number of amides is 1. The van der Waals surface area contributed by atoms with Crippen molar-refractivity contribution in [2.75, 3.05) is 19.6 Å². The molecule has 1 heterocycles. The molecule has 0 radical (unpaired) electrons. The molecule has 4 heteroatoms. The van der Waals surface area contributed by atoms with Crippen LogP contribution in [0.15, 0.2) is 24.3 Å². The lowest BCUT2D eigenvalue weighted by Gasteiger charge is -2.30. The molecule has 1 aromatic rings. The Morgan fingerprint density at radius 1 is 1.17 bits per heavy atom. The highest BCUT2D eigenvalue weighted by Crippen LogP contribution is 2.26. The Bertz CT molecular complexity index is 533. The zero-order valence-corrected chi connectivity index (χ0v) is 14.7. The molecule has 3 N–H and O–H groups in total. The van der Waals surface area contributed by atoms with E-state index in [9.17, 15) is 4.79 Å². The van der Waals surface area contributed by atoms with Crippen LogP contribution in [-0.4, -0.2) is 36.5 Å². The number of rotatable bonds is 6. The van der Waals surface area contributed by atoms with E-state index in [2.05, 4.69) is 16.3 Å².